The second-order valence-corrected chi connectivity index (χ2v) is 7.84. The molecule has 1 aliphatic rings. The lowest BCUT2D eigenvalue weighted by Crippen LogP contribution is -2.37. The van der Waals surface area contributed by atoms with Gasteiger partial charge in [0.2, 0.25) is 0 Å². The second kappa shape index (κ2) is 8.55. The van der Waals surface area contributed by atoms with Crippen LogP contribution in [0.2, 0.25) is 0 Å². The minimum absolute atomic E-state index is 0.0274. The van der Waals surface area contributed by atoms with Crippen molar-refractivity contribution in [3.05, 3.63) is 30.3 Å². The normalized spacial score (nSPS) is 18.5. The van der Waals surface area contributed by atoms with Crippen molar-refractivity contribution in [1.82, 2.24) is 5.32 Å². The van der Waals surface area contributed by atoms with Crippen molar-refractivity contribution >= 4 is 21.6 Å². The third-order valence-electron chi connectivity index (χ3n) is 3.76. The highest BCUT2D eigenvalue weighted by Crippen LogP contribution is 2.13. The van der Waals surface area contributed by atoms with E-state index in [1.54, 1.807) is 0 Å². The SMILES string of the molecule is N#CCCN(CCOC(=O)N[C@H]1CCS(=O)(=O)C1)c1ccccc1. The summed E-state index contributed by atoms with van der Waals surface area (Å²) in [5.41, 5.74) is 0.957. The molecule has 1 heterocycles. The number of nitrogens with zero attached hydrogens (tertiary/aromatic N) is 2. The van der Waals surface area contributed by atoms with E-state index in [0.717, 1.165) is 5.69 Å². The van der Waals surface area contributed by atoms with Crippen molar-refractivity contribution < 1.29 is 17.9 Å². The van der Waals surface area contributed by atoms with Crippen LogP contribution in [0, 0.1) is 11.3 Å². The number of nitriles is 1. The Morgan fingerprint density at radius 1 is 1.33 bits per heavy atom. The number of hydrogen-bond acceptors (Lipinski definition) is 6. The van der Waals surface area contributed by atoms with E-state index < -0.39 is 15.9 Å². The monoisotopic (exact) mass is 351 g/mol. The Labute approximate surface area is 142 Å². The fourth-order valence-corrected chi connectivity index (χ4v) is 4.23. The maximum absolute atomic E-state index is 11.7. The van der Waals surface area contributed by atoms with Gasteiger partial charge in [-0.2, -0.15) is 5.26 Å². The van der Waals surface area contributed by atoms with Crippen molar-refractivity contribution in [1.29, 1.82) is 5.26 Å². The first-order chi connectivity index (χ1) is 11.5. The molecule has 1 fully saturated rings. The molecular formula is C16H21N3O4S. The molecule has 1 aromatic carbocycles. The minimum atomic E-state index is -3.03. The maximum Gasteiger partial charge on any atom is 0.407 e. The van der Waals surface area contributed by atoms with Crippen LogP contribution < -0.4 is 10.2 Å². The molecule has 0 aliphatic carbocycles. The van der Waals surface area contributed by atoms with E-state index in [4.69, 9.17) is 10.00 Å². The van der Waals surface area contributed by atoms with Crippen LogP contribution in [-0.4, -0.2) is 51.8 Å². The van der Waals surface area contributed by atoms with Gasteiger partial charge in [0.05, 0.1) is 30.5 Å². The van der Waals surface area contributed by atoms with Crippen LogP contribution in [0.15, 0.2) is 30.3 Å². The van der Waals surface area contributed by atoms with Gasteiger partial charge in [-0.25, -0.2) is 13.2 Å². The summed E-state index contributed by atoms with van der Waals surface area (Å²) in [4.78, 5) is 13.7. The molecule has 1 N–H and O–H groups in total. The number of alkyl carbamates (subject to hydrolysis) is 1. The third-order valence-corrected chi connectivity index (χ3v) is 5.53. The van der Waals surface area contributed by atoms with Crippen LogP contribution >= 0.6 is 0 Å². The molecule has 0 spiro atoms. The average molecular weight is 351 g/mol. The molecule has 24 heavy (non-hydrogen) atoms. The molecule has 0 saturated carbocycles. The number of anilines is 1. The van der Waals surface area contributed by atoms with Gasteiger partial charge in [-0.1, -0.05) is 18.2 Å². The number of amides is 1. The van der Waals surface area contributed by atoms with Crippen LogP contribution in [0.25, 0.3) is 0 Å². The summed E-state index contributed by atoms with van der Waals surface area (Å²) in [6.07, 6.45) is 0.196. The molecule has 130 valence electrons. The van der Waals surface area contributed by atoms with Crippen LogP contribution in [0.1, 0.15) is 12.8 Å². The van der Waals surface area contributed by atoms with Gasteiger partial charge < -0.3 is 15.0 Å². The molecule has 1 saturated heterocycles. The Bertz CT molecular complexity index is 685. The zero-order valence-corrected chi connectivity index (χ0v) is 14.2. The highest BCUT2D eigenvalue weighted by Gasteiger charge is 2.29. The van der Waals surface area contributed by atoms with Crippen LogP contribution in [0.3, 0.4) is 0 Å². The fourth-order valence-electron chi connectivity index (χ4n) is 2.56. The quantitative estimate of drug-likeness (QED) is 0.795. The Morgan fingerprint density at radius 2 is 2.08 bits per heavy atom. The Balaban J connectivity index is 1.78. The number of nitrogens with one attached hydrogen (secondary N) is 1. The predicted octanol–water partition coefficient (Wildman–Crippen LogP) is 1.32. The highest BCUT2D eigenvalue weighted by molar-refractivity contribution is 7.91. The van der Waals surface area contributed by atoms with Gasteiger partial charge in [-0.3, -0.25) is 0 Å². The van der Waals surface area contributed by atoms with Gasteiger partial charge in [-0.15, -0.1) is 0 Å². The van der Waals surface area contributed by atoms with Crippen molar-refractivity contribution in [2.24, 2.45) is 0 Å². The average Bonchev–Trinajstić information content (AvgIpc) is 2.90. The summed E-state index contributed by atoms with van der Waals surface area (Å²) in [6.45, 7) is 1.17. The minimum Gasteiger partial charge on any atom is -0.448 e. The van der Waals surface area contributed by atoms with E-state index in [9.17, 15) is 13.2 Å². The van der Waals surface area contributed by atoms with E-state index in [2.05, 4.69) is 11.4 Å². The lowest BCUT2D eigenvalue weighted by Gasteiger charge is -2.23. The molecule has 1 aliphatic heterocycles. The molecule has 7 nitrogen and oxygen atoms in total. The Kier molecular flexibility index (Phi) is 6.44. The van der Waals surface area contributed by atoms with Crippen molar-refractivity contribution in [2.45, 2.75) is 18.9 Å². The highest BCUT2D eigenvalue weighted by atomic mass is 32.2. The molecule has 0 aromatic heterocycles. The summed E-state index contributed by atoms with van der Waals surface area (Å²) in [7, 11) is -3.03. The summed E-state index contributed by atoms with van der Waals surface area (Å²) >= 11 is 0. The summed E-state index contributed by atoms with van der Waals surface area (Å²) in [5, 5.41) is 11.3. The van der Waals surface area contributed by atoms with Crippen LogP contribution in [0.4, 0.5) is 10.5 Å². The molecular weight excluding hydrogens is 330 g/mol. The summed E-state index contributed by atoms with van der Waals surface area (Å²) in [5.74, 6) is 0.0777. The van der Waals surface area contributed by atoms with E-state index >= 15 is 0 Å². The molecule has 8 heteroatoms. The third kappa shape index (κ3) is 5.74. The van der Waals surface area contributed by atoms with Gasteiger partial charge in [-0.05, 0) is 18.6 Å². The molecule has 1 aromatic rings. The first kappa shape index (κ1) is 18.1. The Morgan fingerprint density at radius 3 is 2.71 bits per heavy atom. The van der Waals surface area contributed by atoms with Gasteiger partial charge in [0, 0.05) is 18.3 Å². The van der Waals surface area contributed by atoms with E-state index in [1.807, 2.05) is 35.2 Å². The molecule has 1 amide bonds. The largest absolute Gasteiger partial charge is 0.448 e. The van der Waals surface area contributed by atoms with E-state index in [1.165, 1.54) is 0 Å². The van der Waals surface area contributed by atoms with E-state index in [0.29, 0.717) is 25.9 Å². The zero-order valence-electron chi connectivity index (χ0n) is 13.3. The first-order valence-electron chi connectivity index (χ1n) is 7.81. The number of hydrogen-bond donors (Lipinski definition) is 1. The molecule has 0 radical (unpaired) electrons. The number of sulfone groups is 1. The first-order valence-corrected chi connectivity index (χ1v) is 9.63. The predicted molar refractivity (Wildman–Crippen MR) is 90.4 cm³/mol. The number of para-hydroxylation sites is 1. The number of carbonyl (C=O) groups is 1. The maximum atomic E-state index is 11.7. The van der Waals surface area contributed by atoms with Crippen LogP contribution in [-0.2, 0) is 14.6 Å². The lowest BCUT2D eigenvalue weighted by molar-refractivity contribution is 0.145. The lowest BCUT2D eigenvalue weighted by atomic mass is 10.2. The van der Waals surface area contributed by atoms with Gasteiger partial charge in [0.25, 0.3) is 0 Å². The molecule has 0 bridgehead atoms. The molecule has 2 rings (SSSR count). The van der Waals surface area contributed by atoms with Gasteiger partial charge in [0.15, 0.2) is 9.84 Å². The smallest absolute Gasteiger partial charge is 0.407 e. The van der Waals surface area contributed by atoms with Crippen molar-refractivity contribution in [3.63, 3.8) is 0 Å². The standard InChI is InChI=1S/C16H21N3O4S/c17-8-4-9-19(15-5-2-1-3-6-15)10-11-23-16(20)18-14-7-12-24(21,22)13-14/h1-3,5-6,14H,4,7,9-13H2,(H,18,20)/t14-/m0/s1. The number of rotatable bonds is 7. The number of carbonyl (C=O) groups excluding carboxylic acids is 1. The Hall–Kier alpha value is -2.27. The van der Waals surface area contributed by atoms with Gasteiger partial charge in [0.1, 0.15) is 6.61 Å². The second-order valence-electron chi connectivity index (χ2n) is 5.61. The van der Waals surface area contributed by atoms with Crippen LogP contribution in [0.5, 0.6) is 0 Å². The van der Waals surface area contributed by atoms with Gasteiger partial charge >= 0.3 is 6.09 Å². The topological polar surface area (TPSA) is 99.5 Å². The fraction of sp³-hybridized carbons (Fsp3) is 0.500. The summed E-state index contributed by atoms with van der Waals surface area (Å²) < 4.78 is 27.9. The van der Waals surface area contributed by atoms with Crippen molar-refractivity contribution in [2.75, 3.05) is 36.1 Å². The molecule has 0 unspecified atom stereocenters. The van der Waals surface area contributed by atoms with E-state index in [-0.39, 0.29) is 24.2 Å². The summed E-state index contributed by atoms with van der Waals surface area (Å²) in [6, 6.07) is 11.3. The molecule has 1 atom stereocenters. The van der Waals surface area contributed by atoms with Crippen molar-refractivity contribution in [3.8, 4) is 6.07 Å². The number of ether oxygens (including phenoxy) is 1. The number of benzene rings is 1. The zero-order chi connectivity index (χ0) is 17.4.